The number of methoxy groups -OCH3 is 1. The SMILES string of the molecule is CC.CCC[C@H]1C(=O)C(CCc2ccc(OC)cc2)[C@H](c2ccc(C(C)(C)C)cc2)N1C.[HH]. The molecular weight excluding hydrogens is 394 g/mol. The van der Waals surface area contributed by atoms with Crippen LogP contribution in [0.4, 0.5) is 0 Å². The molecule has 2 aromatic carbocycles. The molecule has 178 valence electrons. The van der Waals surface area contributed by atoms with Crippen LogP contribution in [-0.2, 0) is 16.6 Å². The first-order valence-corrected chi connectivity index (χ1v) is 12.2. The van der Waals surface area contributed by atoms with E-state index in [2.05, 4.69) is 76.0 Å². The number of ether oxygens (including phenoxy) is 1. The van der Waals surface area contributed by atoms with Crippen molar-refractivity contribution in [3.05, 3.63) is 65.2 Å². The first kappa shape index (κ1) is 26.1. The number of benzene rings is 2. The van der Waals surface area contributed by atoms with Gasteiger partial charge in [0.25, 0.3) is 0 Å². The maximum Gasteiger partial charge on any atom is 0.154 e. The molecule has 1 fully saturated rings. The molecule has 0 saturated carbocycles. The smallest absolute Gasteiger partial charge is 0.154 e. The molecule has 1 aliphatic rings. The van der Waals surface area contributed by atoms with Crippen LogP contribution in [0.5, 0.6) is 5.75 Å². The molecule has 0 radical (unpaired) electrons. The second-order valence-corrected chi connectivity index (χ2v) is 9.68. The Balaban J connectivity index is 0.00000177. The Labute approximate surface area is 197 Å². The van der Waals surface area contributed by atoms with E-state index in [4.69, 9.17) is 4.74 Å². The van der Waals surface area contributed by atoms with Crippen LogP contribution < -0.4 is 4.74 Å². The van der Waals surface area contributed by atoms with Gasteiger partial charge in [0.05, 0.1) is 13.2 Å². The standard InChI is InChI=1S/C27H37NO2.C2H6.H2/c1-7-8-24-26(29)23(18-11-19-9-16-22(30-6)17-10-19)25(28(24)5)20-12-14-21(15-13-20)27(2,3)4;1-2;/h9-10,12-17,23-25H,7-8,11,18H2,1-6H3;1-2H3;1H/t23?,24-,25-;;/m0../s1. The summed E-state index contributed by atoms with van der Waals surface area (Å²) in [6.07, 6.45) is 3.75. The fourth-order valence-corrected chi connectivity index (χ4v) is 4.76. The Bertz CT molecular complexity index is 839. The van der Waals surface area contributed by atoms with Gasteiger partial charge in [-0.05, 0) is 60.5 Å². The minimum atomic E-state index is 0. The first-order chi connectivity index (χ1) is 15.3. The van der Waals surface area contributed by atoms with Crippen LogP contribution in [0.1, 0.15) is 85.0 Å². The Morgan fingerprint density at radius 1 is 0.969 bits per heavy atom. The number of nitrogens with zero attached hydrogens (tertiary/aromatic N) is 1. The molecular formula is C29H45NO2. The van der Waals surface area contributed by atoms with E-state index >= 15 is 0 Å². The molecule has 1 saturated heterocycles. The monoisotopic (exact) mass is 439 g/mol. The predicted octanol–water partition coefficient (Wildman–Crippen LogP) is 7.24. The zero-order valence-corrected chi connectivity index (χ0v) is 21.4. The molecule has 0 amide bonds. The lowest BCUT2D eigenvalue weighted by Gasteiger charge is -2.28. The van der Waals surface area contributed by atoms with Crippen molar-refractivity contribution in [1.29, 1.82) is 0 Å². The van der Waals surface area contributed by atoms with Crippen LogP contribution in [-0.4, -0.2) is 30.9 Å². The zero-order valence-electron chi connectivity index (χ0n) is 21.4. The highest BCUT2D eigenvalue weighted by Gasteiger charge is 2.45. The van der Waals surface area contributed by atoms with Crippen molar-refractivity contribution in [3.63, 3.8) is 0 Å². The third-order valence-electron chi connectivity index (χ3n) is 6.59. The fourth-order valence-electron chi connectivity index (χ4n) is 4.76. The highest BCUT2D eigenvalue weighted by Crippen LogP contribution is 2.41. The van der Waals surface area contributed by atoms with Gasteiger partial charge in [0.15, 0.2) is 5.78 Å². The summed E-state index contributed by atoms with van der Waals surface area (Å²) in [6, 6.07) is 17.4. The third kappa shape index (κ3) is 6.01. The number of aryl methyl sites for hydroxylation is 1. The number of hydrogen-bond acceptors (Lipinski definition) is 3. The van der Waals surface area contributed by atoms with Crippen molar-refractivity contribution in [2.45, 2.75) is 84.7 Å². The molecule has 0 aromatic heterocycles. The van der Waals surface area contributed by atoms with E-state index in [0.717, 1.165) is 31.4 Å². The highest BCUT2D eigenvalue weighted by atomic mass is 16.5. The molecule has 0 N–H and O–H groups in total. The van der Waals surface area contributed by atoms with Gasteiger partial charge in [-0.25, -0.2) is 0 Å². The minimum absolute atomic E-state index is 0. The summed E-state index contributed by atoms with van der Waals surface area (Å²) in [5.41, 5.74) is 3.98. The zero-order chi connectivity index (χ0) is 23.9. The van der Waals surface area contributed by atoms with Gasteiger partial charge in [-0.1, -0.05) is 84.4 Å². The van der Waals surface area contributed by atoms with E-state index < -0.39 is 0 Å². The predicted molar refractivity (Wildman–Crippen MR) is 138 cm³/mol. The molecule has 1 unspecified atom stereocenters. The van der Waals surface area contributed by atoms with E-state index in [1.807, 2.05) is 26.0 Å². The van der Waals surface area contributed by atoms with Crippen molar-refractivity contribution >= 4 is 5.78 Å². The lowest BCUT2D eigenvalue weighted by atomic mass is 9.83. The Hall–Kier alpha value is -2.13. The Morgan fingerprint density at radius 2 is 1.56 bits per heavy atom. The van der Waals surface area contributed by atoms with Gasteiger partial charge in [0, 0.05) is 13.4 Å². The highest BCUT2D eigenvalue weighted by molar-refractivity contribution is 5.89. The van der Waals surface area contributed by atoms with Crippen LogP contribution in [0.3, 0.4) is 0 Å². The molecule has 2 aromatic rings. The number of likely N-dealkylation sites (tertiary alicyclic amines) is 1. The maximum atomic E-state index is 13.4. The van der Waals surface area contributed by atoms with Crippen LogP contribution in [0, 0.1) is 5.92 Å². The molecule has 1 heterocycles. The average molecular weight is 440 g/mol. The average Bonchev–Trinajstić information content (AvgIpc) is 3.03. The third-order valence-corrected chi connectivity index (χ3v) is 6.59. The van der Waals surface area contributed by atoms with Crippen molar-refractivity contribution in [1.82, 2.24) is 4.90 Å². The van der Waals surface area contributed by atoms with Gasteiger partial charge < -0.3 is 4.74 Å². The van der Waals surface area contributed by atoms with Gasteiger partial charge in [0.1, 0.15) is 5.75 Å². The molecule has 3 atom stereocenters. The number of rotatable bonds is 7. The molecule has 3 heteroatoms. The summed E-state index contributed by atoms with van der Waals surface area (Å²) in [5, 5.41) is 0. The van der Waals surface area contributed by atoms with Crippen molar-refractivity contribution in [3.8, 4) is 5.75 Å². The summed E-state index contributed by atoms with van der Waals surface area (Å²) in [4.78, 5) is 15.7. The summed E-state index contributed by atoms with van der Waals surface area (Å²) in [6.45, 7) is 12.9. The summed E-state index contributed by atoms with van der Waals surface area (Å²) in [5.74, 6) is 1.32. The molecule has 1 aliphatic heterocycles. The van der Waals surface area contributed by atoms with Crippen molar-refractivity contribution < 1.29 is 11.0 Å². The lowest BCUT2D eigenvalue weighted by molar-refractivity contribution is -0.123. The summed E-state index contributed by atoms with van der Waals surface area (Å²) in [7, 11) is 3.82. The molecule has 3 rings (SSSR count). The molecule has 3 nitrogen and oxygen atoms in total. The number of hydrogen-bond donors (Lipinski definition) is 0. The fraction of sp³-hybridized carbons (Fsp3) is 0.552. The van der Waals surface area contributed by atoms with Gasteiger partial charge >= 0.3 is 0 Å². The molecule has 32 heavy (non-hydrogen) atoms. The summed E-state index contributed by atoms with van der Waals surface area (Å²) < 4.78 is 5.27. The van der Waals surface area contributed by atoms with Gasteiger partial charge in [-0.2, -0.15) is 0 Å². The summed E-state index contributed by atoms with van der Waals surface area (Å²) >= 11 is 0. The van der Waals surface area contributed by atoms with Crippen LogP contribution in [0.15, 0.2) is 48.5 Å². The number of carbonyl (C=O) groups excluding carboxylic acids is 1. The molecule has 0 bridgehead atoms. The quantitative estimate of drug-likeness (QED) is 0.455. The van der Waals surface area contributed by atoms with Gasteiger partial charge in [0.2, 0.25) is 0 Å². The van der Waals surface area contributed by atoms with E-state index in [-0.39, 0.29) is 24.8 Å². The van der Waals surface area contributed by atoms with E-state index in [1.54, 1.807) is 7.11 Å². The lowest BCUT2D eigenvalue weighted by Crippen LogP contribution is -2.30. The topological polar surface area (TPSA) is 29.5 Å². The minimum Gasteiger partial charge on any atom is -0.497 e. The maximum absolute atomic E-state index is 13.4. The van der Waals surface area contributed by atoms with Crippen LogP contribution in [0.25, 0.3) is 0 Å². The van der Waals surface area contributed by atoms with Crippen molar-refractivity contribution in [2.24, 2.45) is 5.92 Å². The van der Waals surface area contributed by atoms with E-state index in [9.17, 15) is 4.79 Å². The Morgan fingerprint density at radius 3 is 2.06 bits per heavy atom. The van der Waals surface area contributed by atoms with E-state index in [0.29, 0.717) is 5.78 Å². The second kappa shape index (κ2) is 11.7. The number of ketones is 1. The largest absolute Gasteiger partial charge is 0.497 e. The van der Waals surface area contributed by atoms with Crippen LogP contribution >= 0.6 is 0 Å². The molecule has 0 spiro atoms. The second-order valence-electron chi connectivity index (χ2n) is 9.68. The van der Waals surface area contributed by atoms with E-state index in [1.165, 1.54) is 16.7 Å². The van der Waals surface area contributed by atoms with Gasteiger partial charge in [-0.3, -0.25) is 9.69 Å². The first-order valence-electron chi connectivity index (χ1n) is 12.2. The van der Waals surface area contributed by atoms with Crippen molar-refractivity contribution in [2.75, 3.05) is 14.2 Å². The number of carbonyl (C=O) groups is 1. The number of likely N-dealkylation sites (N-methyl/N-ethyl adjacent to an activating group) is 1. The van der Waals surface area contributed by atoms with Crippen LogP contribution in [0.2, 0.25) is 0 Å². The number of Topliss-reactive ketones (excluding diaryl/α,β-unsaturated/α-hetero) is 1. The normalized spacial score (nSPS) is 21.2. The van der Waals surface area contributed by atoms with Gasteiger partial charge in [-0.15, -0.1) is 0 Å². The molecule has 0 aliphatic carbocycles. The Kier molecular flexibility index (Phi) is 9.51.